The monoisotopic (exact) mass is 221 g/mol. The Hall–Kier alpha value is -1.09. The summed E-state index contributed by atoms with van der Waals surface area (Å²) in [5.74, 6) is 0. The second-order valence-corrected chi connectivity index (χ2v) is 4.04. The maximum absolute atomic E-state index is 5.51. The third-order valence-electron chi connectivity index (χ3n) is 2.56. The second-order valence-electron chi connectivity index (χ2n) is 3.69. The molecule has 0 aliphatic carbocycles. The Morgan fingerprint density at radius 1 is 1.27 bits per heavy atom. The fourth-order valence-corrected chi connectivity index (χ4v) is 2.03. The van der Waals surface area contributed by atoms with Crippen molar-refractivity contribution in [3.05, 3.63) is 29.1 Å². The van der Waals surface area contributed by atoms with E-state index in [1.54, 1.807) is 0 Å². The molecule has 2 aromatic rings. The zero-order valence-corrected chi connectivity index (χ0v) is 9.72. The van der Waals surface area contributed by atoms with Crippen LogP contribution in [0.2, 0.25) is 0 Å². The summed E-state index contributed by atoms with van der Waals surface area (Å²) in [5, 5.41) is 0. The summed E-state index contributed by atoms with van der Waals surface area (Å²) in [4.78, 5) is 0.590. The molecule has 2 nitrogen and oxygen atoms in total. The summed E-state index contributed by atoms with van der Waals surface area (Å²) in [6.07, 6.45) is 3.62. The lowest BCUT2D eigenvalue weighted by atomic mass is 10.2. The number of benzene rings is 1. The Kier molecular flexibility index (Phi) is 3.21. The smallest absolute Gasteiger partial charge is 0.269 e. The topological polar surface area (TPSA) is 18.1 Å². The van der Waals surface area contributed by atoms with Crippen molar-refractivity contribution in [2.45, 2.75) is 32.7 Å². The highest BCUT2D eigenvalue weighted by atomic mass is 32.1. The summed E-state index contributed by atoms with van der Waals surface area (Å²) >= 11 is 5.20. The molecule has 0 N–H and O–H groups in total. The first-order chi connectivity index (χ1) is 7.33. The maximum Gasteiger partial charge on any atom is 0.269 e. The van der Waals surface area contributed by atoms with E-state index in [1.165, 1.54) is 12.8 Å². The predicted octanol–water partition coefficient (Wildman–Crippen LogP) is 4.15. The minimum Gasteiger partial charge on any atom is -0.429 e. The number of fused-ring (bicyclic) bond motifs is 1. The van der Waals surface area contributed by atoms with Gasteiger partial charge in [0.15, 0.2) is 5.58 Å². The van der Waals surface area contributed by atoms with E-state index < -0.39 is 0 Å². The van der Waals surface area contributed by atoms with Crippen molar-refractivity contribution in [2.75, 3.05) is 0 Å². The molecule has 1 aromatic carbocycles. The lowest BCUT2D eigenvalue weighted by Crippen LogP contribution is -1.96. The van der Waals surface area contributed by atoms with Crippen molar-refractivity contribution < 1.29 is 4.42 Å². The van der Waals surface area contributed by atoms with E-state index in [2.05, 4.69) is 17.6 Å². The molecule has 0 radical (unpaired) electrons. The van der Waals surface area contributed by atoms with Crippen LogP contribution in [0.1, 0.15) is 26.2 Å². The van der Waals surface area contributed by atoms with Crippen LogP contribution in [0, 0.1) is 4.84 Å². The molecule has 0 atom stereocenters. The molecule has 0 saturated heterocycles. The second kappa shape index (κ2) is 4.62. The normalized spacial score (nSPS) is 11.0. The number of para-hydroxylation sites is 2. The summed E-state index contributed by atoms with van der Waals surface area (Å²) < 4.78 is 7.59. The van der Waals surface area contributed by atoms with E-state index in [4.69, 9.17) is 16.6 Å². The molecule has 0 aliphatic rings. The van der Waals surface area contributed by atoms with E-state index in [9.17, 15) is 0 Å². The quantitative estimate of drug-likeness (QED) is 0.570. The predicted molar refractivity (Wildman–Crippen MR) is 64.6 cm³/mol. The number of hydrogen-bond acceptors (Lipinski definition) is 2. The molecule has 80 valence electrons. The van der Waals surface area contributed by atoms with Gasteiger partial charge in [0.2, 0.25) is 0 Å². The van der Waals surface area contributed by atoms with E-state index in [1.807, 2.05) is 18.2 Å². The van der Waals surface area contributed by atoms with Crippen LogP contribution in [0.5, 0.6) is 0 Å². The SMILES string of the molecule is CCCCCn1c(=S)oc2ccccc21. The van der Waals surface area contributed by atoms with E-state index >= 15 is 0 Å². The molecule has 3 heteroatoms. The van der Waals surface area contributed by atoms with Crippen LogP contribution in [0.15, 0.2) is 28.7 Å². The van der Waals surface area contributed by atoms with Gasteiger partial charge < -0.3 is 4.42 Å². The number of aryl methyl sites for hydroxylation is 1. The molecule has 0 spiro atoms. The number of aromatic nitrogens is 1. The van der Waals surface area contributed by atoms with Gasteiger partial charge in [0.05, 0.1) is 5.52 Å². The van der Waals surface area contributed by atoms with Crippen LogP contribution in [-0.4, -0.2) is 4.57 Å². The summed E-state index contributed by atoms with van der Waals surface area (Å²) in [7, 11) is 0. The Morgan fingerprint density at radius 2 is 2.07 bits per heavy atom. The van der Waals surface area contributed by atoms with Crippen molar-refractivity contribution >= 4 is 23.3 Å². The van der Waals surface area contributed by atoms with Gasteiger partial charge in [0, 0.05) is 6.54 Å². The fourth-order valence-electron chi connectivity index (χ4n) is 1.75. The zero-order chi connectivity index (χ0) is 10.7. The van der Waals surface area contributed by atoms with E-state index in [0.29, 0.717) is 4.84 Å². The standard InChI is InChI=1S/C12H15NOS/c1-2-3-6-9-13-10-7-4-5-8-11(10)14-12(13)15/h4-5,7-8H,2-3,6,9H2,1H3. The first-order valence-corrected chi connectivity index (χ1v) is 5.82. The summed E-state index contributed by atoms with van der Waals surface area (Å²) in [6.45, 7) is 3.16. The van der Waals surface area contributed by atoms with Gasteiger partial charge in [0.25, 0.3) is 4.84 Å². The number of rotatable bonds is 4. The van der Waals surface area contributed by atoms with Crippen LogP contribution in [0.3, 0.4) is 0 Å². The third kappa shape index (κ3) is 2.12. The van der Waals surface area contributed by atoms with Gasteiger partial charge >= 0.3 is 0 Å². The molecule has 0 amide bonds. The number of hydrogen-bond donors (Lipinski definition) is 0. The van der Waals surface area contributed by atoms with Crippen molar-refractivity contribution in [2.24, 2.45) is 0 Å². The minimum absolute atomic E-state index is 0.590. The van der Waals surface area contributed by atoms with Crippen molar-refractivity contribution in [1.82, 2.24) is 4.57 Å². The van der Waals surface area contributed by atoms with Crippen LogP contribution in [0.4, 0.5) is 0 Å². The highest BCUT2D eigenvalue weighted by Gasteiger charge is 2.04. The van der Waals surface area contributed by atoms with Crippen molar-refractivity contribution in [3.8, 4) is 0 Å². The molecule has 0 fully saturated rings. The van der Waals surface area contributed by atoms with Gasteiger partial charge in [0.1, 0.15) is 0 Å². The minimum atomic E-state index is 0.590. The van der Waals surface area contributed by atoms with Gasteiger partial charge in [-0.15, -0.1) is 0 Å². The highest BCUT2D eigenvalue weighted by Crippen LogP contribution is 2.17. The Labute approximate surface area is 94.5 Å². The molecular weight excluding hydrogens is 206 g/mol. The van der Waals surface area contributed by atoms with Crippen molar-refractivity contribution in [3.63, 3.8) is 0 Å². The summed E-state index contributed by atoms with van der Waals surface area (Å²) in [5.41, 5.74) is 2.00. The average Bonchev–Trinajstić information content (AvgIpc) is 2.56. The molecule has 0 saturated carbocycles. The Balaban J connectivity index is 2.33. The van der Waals surface area contributed by atoms with E-state index in [0.717, 1.165) is 24.1 Å². The Bertz CT molecular complexity index is 498. The third-order valence-corrected chi connectivity index (χ3v) is 2.86. The molecule has 2 rings (SSSR count). The maximum atomic E-state index is 5.51. The largest absolute Gasteiger partial charge is 0.429 e. The first-order valence-electron chi connectivity index (χ1n) is 5.41. The van der Waals surface area contributed by atoms with Crippen LogP contribution in [-0.2, 0) is 6.54 Å². The van der Waals surface area contributed by atoms with Gasteiger partial charge in [-0.05, 0) is 30.8 Å². The number of nitrogens with zero attached hydrogens (tertiary/aromatic N) is 1. The molecule has 1 aromatic heterocycles. The van der Waals surface area contributed by atoms with Gasteiger partial charge in [-0.1, -0.05) is 31.9 Å². The summed E-state index contributed by atoms with van der Waals surface area (Å²) in [6, 6.07) is 8.00. The fraction of sp³-hybridized carbons (Fsp3) is 0.417. The number of oxazole rings is 1. The van der Waals surface area contributed by atoms with Gasteiger partial charge in [-0.3, -0.25) is 4.57 Å². The molecule has 15 heavy (non-hydrogen) atoms. The molecule has 0 bridgehead atoms. The van der Waals surface area contributed by atoms with E-state index in [-0.39, 0.29) is 0 Å². The van der Waals surface area contributed by atoms with Crippen LogP contribution < -0.4 is 0 Å². The Morgan fingerprint density at radius 3 is 2.87 bits per heavy atom. The first kappa shape index (κ1) is 10.4. The lowest BCUT2D eigenvalue weighted by molar-refractivity contribution is 0.518. The van der Waals surface area contributed by atoms with Gasteiger partial charge in [-0.25, -0.2) is 0 Å². The highest BCUT2D eigenvalue weighted by molar-refractivity contribution is 7.71. The van der Waals surface area contributed by atoms with Crippen LogP contribution >= 0.6 is 12.2 Å². The number of unbranched alkanes of at least 4 members (excludes halogenated alkanes) is 2. The molecule has 0 aliphatic heterocycles. The molecule has 1 heterocycles. The molecule has 0 unspecified atom stereocenters. The zero-order valence-electron chi connectivity index (χ0n) is 8.90. The van der Waals surface area contributed by atoms with Gasteiger partial charge in [-0.2, -0.15) is 0 Å². The lowest BCUT2D eigenvalue weighted by Gasteiger charge is -2.01. The average molecular weight is 221 g/mol. The molecular formula is C12H15NOS. The van der Waals surface area contributed by atoms with Crippen LogP contribution in [0.25, 0.3) is 11.1 Å². The van der Waals surface area contributed by atoms with Crippen molar-refractivity contribution in [1.29, 1.82) is 0 Å².